The van der Waals surface area contributed by atoms with Crippen molar-refractivity contribution in [1.82, 2.24) is 0 Å². The molecule has 0 aliphatic heterocycles. The van der Waals surface area contributed by atoms with E-state index in [0.29, 0.717) is 12.5 Å². The first-order valence-electron chi connectivity index (χ1n) is 5.24. The summed E-state index contributed by atoms with van der Waals surface area (Å²) < 4.78 is 4.84. The van der Waals surface area contributed by atoms with Crippen molar-refractivity contribution in [2.45, 2.75) is 19.3 Å². The van der Waals surface area contributed by atoms with Crippen molar-refractivity contribution in [2.75, 3.05) is 6.61 Å². The Morgan fingerprint density at radius 2 is 2.13 bits per heavy atom. The van der Waals surface area contributed by atoms with Crippen LogP contribution in [-0.4, -0.2) is 12.7 Å². The summed E-state index contributed by atoms with van der Waals surface area (Å²) in [4.78, 5) is 10.5. The number of benzene rings is 1. The molecule has 80 valence electrons. The lowest BCUT2D eigenvalue weighted by Gasteiger charge is -2.23. The highest BCUT2D eigenvalue weighted by molar-refractivity contribution is 5.64. The van der Waals surface area contributed by atoms with E-state index in [0.717, 1.165) is 19.3 Å². The number of rotatable bonds is 2. The van der Waals surface area contributed by atoms with Crippen molar-refractivity contribution < 1.29 is 9.53 Å². The molecule has 0 spiro atoms. The molecule has 2 rings (SSSR count). The Hall–Kier alpha value is -1.51. The Morgan fingerprint density at radius 1 is 1.40 bits per heavy atom. The lowest BCUT2D eigenvalue weighted by molar-refractivity contribution is 0.132. The van der Waals surface area contributed by atoms with E-state index in [4.69, 9.17) is 10.5 Å². The Balaban J connectivity index is 1.96. The zero-order valence-corrected chi connectivity index (χ0v) is 8.61. The lowest BCUT2D eigenvalue weighted by Crippen LogP contribution is -2.23. The first-order valence-corrected chi connectivity index (χ1v) is 5.24. The molecule has 1 aliphatic carbocycles. The van der Waals surface area contributed by atoms with Crippen LogP contribution in [0.5, 0.6) is 0 Å². The molecule has 0 radical (unpaired) electrons. The molecule has 3 nitrogen and oxygen atoms in total. The molecule has 0 aromatic heterocycles. The first kappa shape index (κ1) is 10.0. The first-order chi connectivity index (χ1) is 7.25. The van der Waals surface area contributed by atoms with Crippen LogP contribution in [0.25, 0.3) is 0 Å². The van der Waals surface area contributed by atoms with Gasteiger partial charge in [-0.1, -0.05) is 24.3 Å². The van der Waals surface area contributed by atoms with Gasteiger partial charge in [-0.2, -0.15) is 0 Å². The minimum absolute atomic E-state index is 0.424. The predicted octanol–water partition coefficient (Wildman–Crippen LogP) is 1.89. The maximum atomic E-state index is 10.5. The summed E-state index contributed by atoms with van der Waals surface area (Å²) in [5.41, 5.74) is 7.74. The summed E-state index contributed by atoms with van der Waals surface area (Å²) in [6.07, 6.45) is 2.46. The quantitative estimate of drug-likeness (QED) is 0.801. The van der Waals surface area contributed by atoms with Crippen LogP contribution in [0, 0.1) is 5.92 Å². The van der Waals surface area contributed by atoms with Crippen LogP contribution in [0.2, 0.25) is 0 Å². The molecule has 1 aromatic rings. The number of hydrogen-bond donors (Lipinski definition) is 1. The van der Waals surface area contributed by atoms with Crippen molar-refractivity contribution in [3.05, 3.63) is 35.4 Å². The molecule has 3 heteroatoms. The summed E-state index contributed by atoms with van der Waals surface area (Å²) in [5.74, 6) is 0.424. The zero-order valence-electron chi connectivity index (χ0n) is 8.61. The fourth-order valence-corrected chi connectivity index (χ4v) is 2.12. The van der Waals surface area contributed by atoms with Crippen LogP contribution in [0.15, 0.2) is 24.3 Å². The molecule has 1 aromatic carbocycles. The normalized spacial score (nSPS) is 19.3. The Morgan fingerprint density at radius 3 is 2.87 bits per heavy atom. The SMILES string of the molecule is NC(=O)OCC1CCc2ccccc2C1. The van der Waals surface area contributed by atoms with Crippen molar-refractivity contribution in [3.8, 4) is 0 Å². The summed E-state index contributed by atoms with van der Waals surface area (Å²) in [6.45, 7) is 0.448. The highest BCUT2D eigenvalue weighted by Gasteiger charge is 2.18. The topological polar surface area (TPSA) is 52.3 Å². The maximum Gasteiger partial charge on any atom is 0.404 e. The molecule has 1 atom stereocenters. The van der Waals surface area contributed by atoms with Gasteiger partial charge in [-0.25, -0.2) is 4.79 Å². The lowest BCUT2D eigenvalue weighted by atomic mass is 9.84. The van der Waals surface area contributed by atoms with Gasteiger partial charge in [0, 0.05) is 0 Å². The Labute approximate surface area is 89.2 Å². The molecule has 0 heterocycles. The fraction of sp³-hybridized carbons (Fsp3) is 0.417. The molecule has 0 saturated heterocycles. The van der Waals surface area contributed by atoms with E-state index in [1.165, 1.54) is 11.1 Å². The van der Waals surface area contributed by atoms with Gasteiger partial charge in [0.2, 0.25) is 0 Å². The monoisotopic (exact) mass is 205 g/mol. The van der Waals surface area contributed by atoms with E-state index in [1.54, 1.807) is 0 Å². The molecule has 0 bridgehead atoms. The van der Waals surface area contributed by atoms with Gasteiger partial charge >= 0.3 is 6.09 Å². The van der Waals surface area contributed by atoms with E-state index < -0.39 is 6.09 Å². The highest BCUT2D eigenvalue weighted by Crippen LogP contribution is 2.25. The van der Waals surface area contributed by atoms with E-state index in [-0.39, 0.29) is 0 Å². The fourth-order valence-electron chi connectivity index (χ4n) is 2.12. The predicted molar refractivity (Wildman–Crippen MR) is 57.5 cm³/mol. The second kappa shape index (κ2) is 4.34. The molecule has 1 aliphatic rings. The summed E-state index contributed by atoms with van der Waals surface area (Å²) in [7, 11) is 0. The molecular formula is C12H15NO2. The van der Waals surface area contributed by atoms with E-state index in [2.05, 4.69) is 24.3 Å². The second-order valence-electron chi connectivity index (χ2n) is 4.01. The summed E-state index contributed by atoms with van der Waals surface area (Å²) >= 11 is 0. The molecule has 1 unspecified atom stereocenters. The average molecular weight is 205 g/mol. The van der Waals surface area contributed by atoms with Gasteiger partial charge in [-0.15, -0.1) is 0 Å². The number of primary amides is 1. The number of fused-ring (bicyclic) bond motifs is 1. The van der Waals surface area contributed by atoms with Gasteiger partial charge in [-0.3, -0.25) is 0 Å². The number of carbonyl (C=O) groups is 1. The van der Waals surface area contributed by atoms with Gasteiger partial charge in [0.15, 0.2) is 0 Å². The van der Waals surface area contributed by atoms with Crippen molar-refractivity contribution in [2.24, 2.45) is 11.7 Å². The number of amides is 1. The smallest absolute Gasteiger partial charge is 0.404 e. The third-order valence-corrected chi connectivity index (χ3v) is 2.91. The van der Waals surface area contributed by atoms with Crippen LogP contribution in [-0.2, 0) is 17.6 Å². The van der Waals surface area contributed by atoms with Crippen molar-refractivity contribution >= 4 is 6.09 Å². The van der Waals surface area contributed by atoms with Gasteiger partial charge < -0.3 is 10.5 Å². The number of ether oxygens (including phenoxy) is 1. The standard InChI is InChI=1S/C12H15NO2/c13-12(14)15-8-9-5-6-10-3-1-2-4-11(10)7-9/h1-4,9H,5-8H2,(H2,13,14). The van der Waals surface area contributed by atoms with Crippen LogP contribution >= 0.6 is 0 Å². The van der Waals surface area contributed by atoms with Gasteiger partial charge in [0.05, 0.1) is 6.61 Å². The molecule has 0 fully saturated rings. The van der Waals surface area contributed by atoms with Gasteiger partial charge in [0.25, 0.3) is 0 Å². The third-order valence-electron chi connectivity index (χ3n) is 2.91. The highest BCUT2D eigenvalue weighted by atomic mass is 16.5. The van der Waals surface area contributed by atoms with Crippen molar-refractivity contribution in [1.29, 1.82) is 0 Å². The number of hydrogen-bond acceptors (Lipinski definition) is 2. The van der Waals surface area contributed by atoms with E-state index in [9.17, 15) is 4.79 Å². The van der Waals surface area contributed by atoms with E-state index in [1.807, 2.05) is 0 Å². The second-order valence-corrected chi connectivity index (χ2v) is 4.01. The van der Waals surface area contributed by atoms with Crippen LogP contribution in [0.4, 0.5) is 4.79 Å². The van der Waals surface area contributed by atoms with Crippen LogP contribution in [0.1, 0.15) is 17.5 Å². The summed E-state index contributed by atoms with van der Waals surface area (Å²) in [6, 6.07) is 8.43. The van der Waals surface area contributed by atoms with Crippen molar-refractivity contribution in [3.63, 3.8) is 0 Å². The van der Waals surface area contributed by atoms with E-state index >= 15 is 0 Å². The Kier molecular flexibility index (Phi) is 2.90. The molecular weight excluding hydrogens is 190 g/mol. The Bertz CT molecular complexity index is 362. The molecule has 15 heavy (non-hydrogen) atoms. The molecule has 2 N–H and O–H groups in total. The molecule has 0 saturated carbocycles. The van der Waals surface area contributed by atoms with Crippen LogP contribution in [0.3, 0.4) is 0 Å². The summed E-state index contributed by atoms with van der Waals surface area (Å²) in [5, 5.41) is 0. The maximum absolute atomic E-state index is 10.5. The average Bonchev–Trinajstić information content (AvgIpc) is 2.26. The minimum atomic E-state index is -0.672. The number of nitrogens with two attached hydrogens (primary N) is 1. The zero-order chi connectivity index (χ0) is 10.7. The number of aryl methyl sites for hydroxylation is 1. The third kappa shape index (κ3) is 2.49. The van der Waals surface area contributed by atoms with Gasteiger partial charge in [0.1, 0.15) is 0 Å². The number of carbonyl (C=O) groups excluding carboxylic acids is 1. The minimum Gasteiger partial charge on any atom is -0.449 e. The largest absolute Gasteiger partial charge is 0.449 e. The van der Waals surface area contributed by atoms with Crippen LogP contribution < -0.4 is 5.73 Å². The van der Waals surface area contributed by atoms with Gasteiger partial charge in [-0.05, 0) is 36.3 Å². The molecule has 1 amide bonds.